The zero-order valence-electron chi connectivity index (χ0n) is 16.9. The lowest BCUT2D eigenvalue weighted by Crippen LogP contribution is -2.50. The first-order valence-corrected chi connectivity index (χ1v) is 10.1. The van der Waals surface area contributed by atoms with E-state index in [1.165, 1.54) is 0 Å². The molecular weight excluding hydrogens is 388 g/mol. The Kier molecular flexibility index (Phi) is 7.25. The Morgan fingerprint density at radius 1 is 0.897 bits per heavy atom. The first-order chi connectivity index (χ1) is 13.9. The molecule has 7 heteroatoms. The summed E-state index contributed by atoms with van der Waals surface area (Å²) in [5.41, 5.74) is 3.51. The van der Waals surface area contributed by atoms with Gasteiger partial charge in [-0.3, -0.25) is 19.4 Å². The number of carbonyl (C=O) groups is 2. The lowest BCUT2D eigenvalue weighted by atomic mass is 10.1. The molecule has 0 atom stereocenters. The number of nitrogens with zero attached hydrogens (tertiary/aromatic N) is 2. The van der Waals surface area contributed by atoms with Gasteiger partial charge in [-0.25, -0.2) is 0 Å². The molecule has 1 aliphatic heterocycles. The standard InChI is InChI=1S/C22H27ClN4O2/c1-16-12-17(2)22(19(23)13-16)25-21(29)15-27-10-8-26(9-11-27)14-20(28)24-18-6-4-3-5-7-18/h3-7,12-13H,8-11,14-15H2,1-2H3,(H,24,28)(H,25,29). The SMILES string of the molecule is Cc1cc(C)c(NC(=O)CN2CCN(CC(=O)Nc3ccccc3)CC2)c(Cl)c1. The second kappa shape index (κ2) is 9.87. The summed E-state index contributed by atoms with van der Waals surface area (Å²) in [7, 11) is 0. The number of piperazine rings is 1. The monoisotopic (exact) mass is 414 g/mol. The van der Waals surface area contributed by atoms with Crippen molar-refractivity contribution in [2.75, 3.05) is 49.9 Å². The third-order valence-corrected chi connectivity index (χ3v) is 5.25. The van der Waals surface area contributed by atoms with Crippen molar-refractivity contribution in [2.24, 2.45) is 0 Å². The van der Waals surface area contributed by atoms with Crippen LogP contribution in [0, 0.1) is 13.8 Å². The predicted molar refractivity (Wildman–Crippen MR) is 118 cm³/mol. The van der Waals surface area contributed by atoms with Crippen molar-refractivity contribution in [1.82, 2.24) is 9.80 Å². The number of hydrogen-bond acceptors (Lipinski definition) is 4. The van der Waals surface area contributed by atoms with Crippen molar-refractivity contribution in [1.29, 1.82) is 0 Å². The third-order valence-electron chi connectivity index (χ3n) is 4.95. The largest absolute Gasteiger partial charge is 0.325 e. The van der Waals surface area contributed by atoms with Gasteiger partial charge in [0.1, 0.15) is 0 Å². The van der Waals surface area contributed by atoms with Gasteiger partial charge in [-0.15, -0.1) is 0 Å². The molecule has 0 saturated carbocycles. The van der Waals surface area contributed by atoms with Crippen LogP contribution in [0.4, 0.5) is 11.4 Å². The van der Waals surface area contributed by atoms with E-state index in [2.05, 4.69) is 20.4 Å². The maximum atomic E-state index is 12.4. The van der Waals surface area contributed by atoms with Crippen LogP contribution >= 0.6 is 11.6 Å². The highest BCUT2D eigenvalue weighted by atomic mass is 35.5. The number of rotatable bonds is 6. The van der Waals surface area contributed by atoms with E-state index in [0.29, 0.717) is 23.8 Å². The molecule has 29 heavy (non-hydrogen) atoms. The van der Waals surface area contributed by atoms with Gasteiger partial charge in [-0.2, -0.15) is 0 Å². The lowest BCUT2D eigenvalue weighted by Gasteiger charge is -2.33. The molecule has 154 valence electrons. The highest BCUT2D eigenvalue weighted by molar-refractivity contribution is 6.34. The smallest absolute Gasteiger partial charge is 0.238 e. The molecule has 1 heterocycles. The van der Waals surface area contributed by atoms with Crippen LogP contribution < -0.4 is 10.6 Å². The summed E-state index contributed by atoms with van der Waals surface area (Å²) in [5, 5.41) is 6.40. The maximum Gasteiger partial charge on any atom is 0.238 e. The Morgan fingerprint density at radius 3 is 2.00 bits per heavy atom. The second-order valence-electron chi connectivity index (χ2n) is 7.45. The molecule has 0 radical (unpaired) electrons. The van der Waals surface area contributed by atoms with Gasteiger partial charge >= 0.3 is 0 Å². The van der Waals surface area contributed by atoms with Gasteiger partial charge in [0.05, 0.1) is 23.8 Å². The summed E-state index contributed by atoms with van der Waals surface area (Å²) in [5.74, 6) is -0.0963. The molecule has 0 aromatic heterocycles. The molecule has 0 unspecified atom stereocenters. The molecule has 0 spiro atoms. The number of benzene rings is 2. The Bertz CT molecular complexity index is 841. The van der Waals surface area contributed by atoms with Crippen LogP contribution in [0.5, 0.6) is 0 Å². The fraction of sp³-hybridized carbons (Fsp3) is 0.364. The van der Waals surface area contributed by atoms with Crippen LogP contribution in [0.3, 0.4) is 0 Å². The van der Waals surface area contributed by atoms with Crippen LogP contribution in [-0.2, 0) is 9.59 Å². The van der Waals surface area contributed by atoms with E-state index in [0.717, 1.165) is 43.0 Å². The quantitative estimate of drug-likeness (QED) is 0.762. The van der Waals surface area contributed by atoms with Crippen molar-refractivity contribution in [3.05, 3.63) is 58.6 Å². The average Bonchev–Trinajstić information content (AvgIpc) is 2.67. The van der Waals surface area contributed by atoms with Crippen LogP contribution in [-0.4, -0.2) is 60.9 Å². The first-order valence-electron chi connectivity index (χ1n) is 9.77. The minimum atomic E-state index is -0.0749. The lowest BCUT2D eigenvalue weighted by molar-refractivity contribution is -0.120. The highest BCUT2D eigenvalue weighted by Gasteiger charge is 2.21. The Labute approximate surface area is 176 Å². The van der Waals surface area contributed by atoms with E-state index >= 15 is 0 Å². The van der Waals surface area contributed by atoms with E-state index in [1.54, 1.807) is 0 Å². The van der Waals surface area contributed by atoms with E-state index < -0.39 is 0 Å². The molecule has 1 saturated heterocycles. The van der Waals surface area contributed by atoms with Gasteiger partial charge < -0.3 is 10.6 Å². The topological polar surface area (TPSA) is 64.7 Å². The summed E-state index contributed by atoms with van der Waals surface area (Å²) in [4.78, 5) is 28.8. The fourth-order valence-electron chi connectivity index (χ4n) is 3.49. The first kappa shape index (κ1) is 21.3. The highest BCUT2D eigenvalue weighted by Crippen LogP contribution is 2.27. The third kappa shape index (κ3) is 6.29. The van der Waals surface area contributed by atoms with E-state index in [-0.39, 0.29) is 11.8 Å². The maximum absolute atomic E-state index is 12.4. The zero-order chi connectivity index (χ0) is 20.8. The predicted octanol–water partition coefficient (Wildman–Crippen LogP) is 3.15. The normalized spacial score (nSPS) is 15.1. The average molecular weight is 415 g/mol. The molecule has 0 bridgehead atoms. The van der Waals surface area contributed by atoms with Gasteiger partial charge in [0.2, 0.25) is 11.8 Å². The van der Waals surface area contributed by atoms with Gasteiger partial charge in [0.25, 0.3) is 0 Å². The minimum absolute atomic E-state index is 0.0214. The molecule has 3 rings (SSSR count). The molecule has 2 N–H and O–H groups in total. The second-order valence-corrected chi connectivity index (χ2v) is 7.86. The van der Waals surface area contributed by atoms with Crippen molar-refractivity contribution in [2.45, 2.75) is 13.8 Å². The van der Waals surface area contributed by atoms with Crippen LogP contribution in [0.1, 0.15) is 11.1 Å². The van der Waals surface area contributed by atoms with Gasteiger partial charge in [-0.1, -0.05) is 35.9 Å². The van der Waals surface area contributed by atoms with Crippen molar-refractivity contribution >= 4 is 34.8 Å². The van der Waals surface area contributed by atoms with Crippen molar-refractivity contribution in [3.8, 4) is 0 Å². The number of para-hydroxylation sites is 1. The minimum Gasteiger partial charge on any atom is -0.325 e. The summed E-state index contributed by atoms with van der Waals surface area (Å²) in [6, 6.07) is 13.3. The van der Waals surface area contributed by atoms with Gasteiger partial charge in [-0.05, 0) is 43.2 Å². The van der Waals surface area contributed by atoms with E-state index in [4.69, 9.17) is 11.6 Å². The van der Waals surface area contributed by atoms with Gasteiger partial charge in [0.15, 0.2) is 0 Å². The molecule has 2 aromatic carbocycles. The number of aryl methyl sites for hydroxylation is 2. The van der Waals surface area contributed by atoms with E-state index in [1.807, 2.05) is 56.3 Å². The molecule has 1 fully saturated rings. The fourth-order valence-corrected chi connectivity index (χ4v) is 3.86. The molecular formula is C22H27ClN4O2. The molecule has 6 nitrogen and oxygen atoms in total. The number of anilines is 2. The Hall–Kier alpha value is -2.41. The summed E-state index contributed by atoms with van der Waals surface area (Å²) >= 11 is 6.27. The molecule has 2 amide bonds. The number of nitrogens with one attached hydrogen (secondary N) is 2. The summed E-state index contributed by atoms with van der Waals surface area (Å²) in [6.45, 7) is 7.57. The van der Waals surface area contributed by atoms with Gasteiger partial charge in [0, 0.05) is 31.9 Å². The Balaban J connectivity index is 1.42. The Morgan fingerprint density at radius 2 is 1.45 bits per heavy atom. The number of hydrogen-bond donors (Lipinski definition) is 2. The number of carbonyl (C=O) groups excluding carboxylic acids is 2. The van der Waals surface area contributed by atoms with Crippen LogP contribution in [0.15, 0.2) is 42.5 Å². The van der Waals surface area contributed by atoms with Crippen LogP contribution in [0.2, 0.25) is 5.02 Å². The zero-order valence-corrected chi connectivity index (χ0v) is 17.6. The molecule has 0 aliphatic carbocycles. The van der Waals surface area contributed by atoms with Crippen molar-refractivity contribution in [3.63, 3.8) is 0 Å². The van der Waals surface area contributed by atoms with Crippen LogP contribution in [0.25, 0.3) is 0 Å². The number of amides is 2. The molecule has 1 aliphatic rings. The summed E-state index contributed by atoms with van der Waals surface area (Å²) in [6.07, 6.45) is 0. The number of halogens is 1. The molecule has 2 aromatic rings. The van der Waals surface area contributed by atoms with Crippen molar-refractivity contribution < 1.29 is 9.59 Å². The summed E-state index contributed by atoms with van der Waals surface area (Å²) < 4.78 is 0. The van der Waals surface area contributed by atoms with E-state index in [9.17, 15) is 9.59 Å².